The highest BCUT2D eigenvalue weighted by Gasteiger charge is 2.38. The van der Waals surface area contributed by atoms with E-state index in [4.69, 9.17) is 14.2 Å². The number of rotatable bonds is 6. The molecule has 2 N–H and O–H groups in total. The predicted molar refractivity (Wildman–Crippen MR) is 84.7 cm³/mol. The van der Waals surface area contributed by atoms with E-state index in [1.807, 2.05) is 0 Å². The highest BCUT2D eigenvalue weighted by atomic mass is 19.1. The third kappa shape index (κ3) is 4.45. The summed E-state index contributed by atoms with van der Waals surface area (Å²) in [4.78, 5) is 23.7. The number of methoxy groups -OCH3 is 1. The minimum absolute atomic E-state index is 0.304. The van der Waals surface area contributed by atoms with Crippen molar-refractivity contribution in [2.45, 2.75) is 19.6 Å². The van der Waals surface area contributed by atoms with Crippen molar-refractivity contribution in [3.63, 3.8) is 0 Å². The summed E-state index contributed by atoms with van der Waals surface area (Å²) in [6.45, 7) is 3.88. The molecule has 8 heteroatoms. The number of carbonyl (C=O) groups excluding carboxylic acids is 2. The van der Waals surface area contributed by atoms with Crippen LogP contribution in [0.4, 0.5) is 15.8 Å². The number of nitrogens with one attached hydrogen (secondary N) is 2. The largest absolute Gasteiger partial charge is 0.419 e. The Morgan fingerprint density at radius 1 is 1.21 bits per heavy atom. The van der Waals surface area contributed by atoms with Crippen LogP contribution in [-0.4, -0.2) is 38.0 Å². The summed E-state index contributed by atoms with van der Waals surface area (Å²) < 4.78 is 28.4. The Hall–Kier alpha value is -2.61. The normalized spacial score (nSPS) is 16.2. The van der Waals surface area contributed by atoms with Gasteiger partial charge in [0.25, 0.3) is 5.79 Å². The Morgan fingerprint density at radius 2 is 1.88 bits per heavy atom. The summed E-state index contributed by atoms with van der Waals surface area (Å²) in [5.74, 6) is -3.40. The molecule has 1 aromatic carbocycles. The third-order valence-corrected chi connectivity index (χ3v) is 3.09. The molecule has 0 unspecified atom stereocenters. The smallest absolute Gasteiger partial charge is 0.350 e. The van der Waals surface area contributed by atoms with Crippen LogP contribution in [0.15, 0.2) is 30.0 Å². The molecule has 0 spiro atoms. The van der Waals surface area contributed by atoms with Gasteiger partial charge in [-0.3, -0.25) is 0 Å². The zero-order valence-electron chi connectivity index (χ0n) is 13.6. The molecule has 1 fully saturated rings. The van der Waals surface area contributed by atoms with E-state index in [-0.39, 0.29) is 5.57 Å². The minimum atomic E-state index is -1.31. The van der Waals surface area contributed by atoms with Crippen molar-refractivity contribution in [1.29, 1.82) is 0 Å². The summed E-state index contributed by atoms with van der Waals surface area (Å²) in [6, 6.07) is 4.06. The molecule has 0 amide bonds. The van der Waals surface area contributed by atoms with E-state index < -0.39 is 23.5 Å². The van der Waals surface area contributed by atoms with Crippen LogP contribution < -0.4 is 10.6 Å². The lowest BCUT2D eigenvalue weighted by atomic mass is 10.2. The molecule has 2 rings (SSSR count). The van der Waals surface area contributed by atoms with Gasteiger partial charge in [-0.1, -0.05) is 0 Å². The van der Waals surface area contributed by atoms with E-state index in [2.05, 4.69) is 10.6 Å². The van der Waals surface area contributed by atoms with Crippen molar-refractivity contribution < 1.29 is 28.2 Å². The molecule has 0 bridgehead atoms. The summed E-state index contributed by atoms with van der Waals surface area (Å²) in [7, 11) is 1.57. The molecule has 1 heterocycles. The SMILES string of the molecule is COCCNc1ccc(F)cc1NC=C1C(=O)OC(C)(C)OC1=O. The van der Waals surface area contributed by atoms with E-state index in [1.54, 1.807) is 7.11 Å². The summed E-state index contributed by atoms with van der Waals surface area (Å²) >= 11 is 0. The third-order valence-electron chi connectivity index (χ3n) is 3.09. The van der Waals surface area contributed by atoms with Gasteiger partial charge in [0.1, 0.15) is 5.82 Å². The first-order valence-corrected chi connectivity index (χ1v) is 7.28. The maximum atomic E-state index is 13.5. The van der Waals surface area contributed by atoms with Crippen LogP contribution in [0.1, 0.15) is 13.8 Å². The first-order valence-electron chi connectivity index (χ1n) is 7.28. The van der Waals surface area contributed by atoms with Crippen LogP contribution in [0.2, 0.25) is 0 Å². The molecule has 0 saturated carbocycles. The second kappa shape index (κ2) is 7.31. The van der Waals surface area contributed by atoms with Gasteiger partial charge in [0.2, 0.25) is 0 Å². The fourth-order valence-electron chi connectivity index (χ4n) is 2.01. The van der Waals surface area contributed by atoms with Gasteiger partial charge in [0, 0.05) is 33.7 Å². The van der Waals surface area contributed by atoms with E-state index in [1.165, 1.54) is 32.0 Å². The van der Waals surface area contributed by atoms with Gasteiger partial charge in [-0.25, -0.2) is 14.0 Å². The number of hydrogen-bond acceptors (Lipinski definition) is 7. The number of ether oxygens (including phenoxy) is 3. The van der Waals surface area contributed by atoms with Crippen molar-refractivity contribution in [3.05, 3.63) is 35.8 Å². The van der Waals surface area contributed by atoms with Gasteiger partial charge in [0.05, 0.1) is 18.0 Å². The fraction of sp³-hybridized carbons (Fsp3) is 0.375. The lowest BCUT2D eigenvalue weighted by Gasteiger charge is -2.29. The van der Waals surface area contributed by atoms with Crippen LogP contribution in [0, 0.1) is 5.82 Å². The fourth-order valence-corrected chi connectivity index (χ4v) is 2.01. The van der Waals surface area contributed by atoms with Crippen LogP contribution in [0.25, 0.3) is 0 Å². The van der Waals surface area contributed by atoms with Gasteiger partial charge in [-0.2, -0.15) is 0 Å². The number of benzene rings is 1. The molecule has 24 heavy (non-hydrogen) atoms. The molecule has 1 aliphatic rings. The van der Waals surface area contributed by atoms with Crippen LogP contribution in [0.5, 0.6) is 0 Å². The summed E-state index contributed by atoms with van der Waals surface area (Å²) in [6.07, 6.45) is 1.14. The highest BCUT2D eigenvalue weighted by Crippen LogP contribution is 2.25. The molecule has 0 atom stereocenters. The number of cyclic esters (lactones) is 2. The van der Waals surface area contributed by atoms with Gasteiger partial charge < -0.3 is 24.8 Å². The van der Waals surface area contributed by atoms with E-state index in [0.29, 0.717) is 24.5 Å². The van der Waals surface area contributed by atoms with E-state index in [0.717, 1.165) is 6.20 Å². The Kier molecular flexibility index (Phi) is 5.40. The number of esters is 2. The average Bonchev–Trinajstić information content (AvgIpc) is 2.47. The molecule has 1 aliphatic heterocycles. The standard InChI is InChI=1S/C16H19FN2O5/c1-16(2)23-14(20)11(15(21)24-16)9-19-13-8-10(17)4-5-12(13)18-6-7-22-3/h4-5,8-9,18-19H,6-7H2,1-3H3. The topological polar surface area (TPSA) is 85.9 Å². The molecule has 0 aromatic heterocycles. The highest BCUT2D eigenvalue weighted by molar-refractivity contribution is 6.15. The molecule has 0 aliphatic carbocycles. The number of carbonyl (C=O) groups is 2. The maximum Gasteiger partial charge on any atom is 0.350 e. The first-order chi connectivity index (χ1) is 11.3. The van der Waals surface area contributed by atoms with Gasteiger partial charge in [-0.15, -0.1) is 0 Å². The summed E-state index contributed by atoms with van der Waals surface area (Å²) in [5, 5.41) is 5.78. The van der Waals surface area contributed by atoms with Crippen molar-refractivity contribution in [2.24, 2.45) is 0 Å². The number of anilines is 2. The zero-order valence-corrected chi connectivity index (χ0v) is 13.6. The van der Waals surface area contributed by atoms with Crippen LogP contribution in [0.3, 0.4) is 0 Å². The lowest BCUT2D eigenvalue weighted by Crippen LogP contribution is -2.42. The molecule has 0 radical (unpaired) electrons. The van der Waals surface area contributed by atoms with Gasteiger partial charge in [0.15, 0.2) is 5.57 Å². The van der Waals surface area contributed by atoms with Crippen molar-refractivity contribution >= 4 is 23.3 Å². The second-order valence-corrected chi connectivity index (χ2v) is 5.49. The van der Waals surface area contributed by atoms with Crippen molar-refractivity contribution in [2.75, 3.05) is 30.9 Å². The quantitative estimate of drug-likeness (QED) is 0.355. The summed E-state index contributed by atoms with van der Waals surface area (Å²) in [5.41, 5.74) is 0.633. The number of halogens is 1. The lowest BCUT2D eigenvalue weighted by molar-refractivity contribution is -0.222. The molecule has 7 nitrogen and oxygen atoms in total. The molecule has 1 saturated heterocycles. The monoisotopic (exact) mass is 338 g/mol. The molecular weight excluding hydrogens is 319 g/mol. The first kappa shape index (κ1) is 17.7. The Bertz CT molecular complexity index is 650. The minimum Gasteiger partial charge on any atom is -0.419 e. The number of hydrogen-bond donors (Lipinski definition) is 2. The van der Waals surface area contributed by atoms with Crippen LogP contribution in [-0.2, 0) is 23.8 Å². The van der Waals surface area contributed by atoms with Crippen molar-refractivity contribution in [3.8, 4) is 0 Å². The molecule has 130 valence electrons. The van der Waals surface area contributed by atoms with Gasteiger partial charge >= 0.3 is 11.9 Å². The Balaban J connectivity index is 2.17. The predicted octanol–water partition coefficient (Wildman–Crippen LogP) is 2.02. The molecular formula is C16H19FN2O5. The second-order valence-electron chi connectivity index (χ2n) is 5.49. The van der Waals surface area contributed by atoms with Crippen molar-refractivity contribution in [1.82, 2.24) is 0 Å². The average molecular weight is 338 g/mol. The van der Waals surface area contributed by atoms with Gasteiger partial charge in [-0.05, 0) is 18.2 Å². The van der Waals surface area contributed by atoms with E-state index in [9.17, 15) is 14.0 Å². The molecule has 1 aromatic rings. The van der Waals surface area contributed by atoms with E-state index >= 15 is 0 Å². The Labute approximate surface area is 138 Å². The zero-order chi connectivity index (χ0) is 17.7. The Morgan fingerprint density at radius 3 is 2.50 bits per heavy atom. The maximum absolute atomic E-state index is 13.5. The van der Waals surface area contributed by atoms with Crippen LogP contribution >= 0.6 is 0 Å².